The van der Waals surface area contributed by atoms with Gasteiger partial charge in [-0.05, 0) is 32.3 Å². The van der Waals surface area contributed by atoms with Crippen molar-refractivity contribution in [3.63, 3.8) is 0 Å². The lowest BCUT2D eigenvalue weighted by molar-refractivity contribution is -0.153. The quantitative estimate of drug-likeness (QED) is 0.258. The Morgan fingerprint density at radius 3 is 2.48 bits per heavy atom. The van der Waals surface area contributed by atoms with E-state index in [0.29, 0.717) is 18.4 Å². The first-order chi connectivity index (χ1) is 10.1. The van der Waals surface area contributed by atoms with Crippen molar-refractivity contribution in [3.05, 3.63) is 28.8 Å². The van der Waals surface area contributed by atoms with E-state index < -0.39 is 24.4 Å². The monoisotopic (exact) mass is 308 g/mol. The number of nitrogens with zero attached hydrogens (tertiary/aromatic N) is 2. The van der Waals surface area contributed by atoms with Crippen LogP contribution in [0.15, 0.2) is 23.3 Å². The van der Waals surface area contributed by atoms with Gasteiger partial charge in [-0.3, -0.25) is 0 Å². The predicted molar refractivity (Wildman–Crippen MR) is 69.5 cm³/mol. The second kappa shape index (κ2) is 9.10. The van der Waals surface area contributed by atoms with E-state index in [2.05, 4.69) is 4.74 Å². The first kappa shape index (κ1) is 17.1. The third-order valence-corrected chi connectivity index (χ3v) is 2.38. The highest BCUT2D eigenvalue weighted by molar-refractivity contribution is 6.36. The number of rotatable bonds is 7. The zero-order valence-corrected chi connectivity index (χ0v) is 11.6. The SMILES string of the molecule is [3H]C(O)/C=C(\C)CC/C=C(\C)COC(=O)C(=[N+]=[N-])C(F)(F)F. The molecule has 0 radical (unpaired) electrons. The molecular formula is C13H17F3N2O3. The maximum absolute atomic E-state index is 12.2. The van der Waals surface area contributed by atoms with Crippen molar-refractivity contribution in [2.45, 2.75) is 32.9 Å². The standard InChI is InChI=1S/C13H17F3N2O3/c1-9(6-7-19)4-3-5-10(2)8-21-12(20)11(18-17)13(14,15)16/h5-6,19H,3-4,7-8H2,1-2H3/b9-6+,10-5+/i7T. The van der Waals surface area contributed by atoms with Gasteiger partial charge in [0.15, 0.2) is 0 Å². The van der Waals surface area contributed by atoms with Gasteiger partial charge < -0.3 is 15.4 Å². The van der Waals surface area contributed by atoms with Gasteiger partial charge in [0.2, 0.25) is 0 Å². The van der Waals surface area contributed by atoms with Crippen LogP contribution >= 0.6 is 0 Å². The van der Waals surface area contributed by atoms with Crippen LogP contribution < -0.4 is 0 Å². The largest absolute Gasteiger partial charge is 0.503 e. The van der Waals surface area contributed by atoms with Gasteiger partial charge >= 0.3 is 17.9 Å². The molecule has 0 saturated heterocycles. The summed E-state index contributed by atoms with van der Waals surface area (Å²) >= 11 is 0. The van der Waals surface area contributed by atoms with Crippen LogP contribution in [0.2, 0.25) is 0 Å². The first-order valence-corrected chi connectivity index (χ1v) is 5.97. The lowest BCUT2D eigenvalue weighted by Crippen LogP contribution is -2.33. The fourth-order valence-electron chi connectivity index (χ4n) is 1.28. The number of hydrogen-bond acceptors (Lipinski definition) is 3. The van der Waals surface area contributed by atoms with E-state index in [1.54, 1.807) is 19.9 Å². The number of carbonyl (C=O) groups excluding carboxylic acids is 1. The van der Waals surface area contributed by atoms with Crippen LogP contribution in [0.1, 0.15) is 28.1 Å². The Hall–Kier alpha value is -1.92. The van der Waals surface area contributed by atoms with Crippen molar-refractivity contribution in [2.75, 3.05) is 13.2 Å². The van der Waals surface area contributed by atoms with Crippen molar-refractivity contribution in [2.24, 2.45) is 0 Å². The maximum Gasteiger partial charge on any atom is 0.503 e. The number of allylic oxidation sites excluding steroid dienone is 2. The summed E-state index contributed by atoms with van der Waals surface area (Å²) in [5.41, 5.74) is 7.48. The molecule has 118 valence electrons. The topological polar surface area (TPSA) is 82.9 Å². The predicted octanol–water partition coefficient (Wildman–Crippen LogP) is 2.43. The highest BCUT2D eigenvalue weighted by Gasteiger charge is 2.51. The van der Waals surface area contributed by atoms with Gasteiger partial charge in [0, 0.05) is 0 Å². The normalized spacial score (nSPS) is 15.0. The molecule has 5 nitrogen and oxygen atoms in total. The zero-order chi connectivity index (χ0) is 17.3. The van der Waals surface area contributed by atoms with E-state index in [9.17, 15) is 18.0 Å². The summed E-state index contributed by atoms with van der Waals surface area (Å²) in [5, 5.41) is 8.81. The summed E-state index contributed by atoms with van der Waals surface area (Å²) < 4.78 is 48.1. The van der Waals surface area contributed by atoms with Crippen LogP contribution in [-0.4, -0.2) is 40.9 Å². The summed E-state index contributed by atoms with van der Waals surface area (Å²) in [5.74, 6) is -1.75. The van der Waals surface area contributed by atoms with Gasteiger partial charge in [-0.1, -0.05) is 17.7 Å². The number of hydrogen-bond donors (Lipinski definition) is 1. The summed E-state index contributed by atoms with van der Waals surface area (Å²) in [6.45, 7) is 1.64. The van der Waals surface area contributed by atoms with Crippen molar-refractivity contribution >= 4 is 11.7 Å². The number of esters is 1. The molecule has 0 fully saturated rings. The van der Waals surface area contributed by atoms with E-state index in [1.807, 2.05) is 4.79 Å². The molecule has 0 aromatic rings. The van der Waals surface area contributed by atoms with Gasteiger partial charge in [0.25, 0.3) is 0 Å². The van der Waals surface area contributed by atoms with E-state index in [0.717, 1.165) is 5.57 Å². The number of alkyl halides is 3. The van der Waals surface area contributed by atoms with Crippen molar-refractivity contribution in [3.8, 4) is 0 Å². The van der Waals surface area contributed by atoms with E-state index in [4.69, 9.17) is 12.0 Å². The van der Waals surface area contributed by atoms with Crippen LogP contribution in [0.5, 0.6) is 0 Å². The zero-order valence-electron chi connectivity index (χ0n) is 12.6. The van der Waals surface area contributed by atoms with Gasteiger partial charge in [0.05, 0.1) is 7.95 Å². The molecule has 1 atom stereocenters. The first-order valence-electron chi connectivity index (χ1n) is 6.55. The lowest BCUT2D eigenvalue weighted by atomic mass is 10.1. The number of ether oxygens (including phenoxy) is 1. The molecule has 8 heteroatoms. The molecule has 0 bridgehead atoms. The van der Waals surface area contributed by atoms with Crippen LogP contribution in [0.3, 0.4) is 0 Å². The molecule has 1 N–H and O–H groups in total. The van der Waals surface area contributed by atoms with Crippen molar-refractivity contribution in [1.29, 1.82) is 0 Å². The van der Waals surface area contributed by atoms with Gasteiger partial charge in [-0.15, -0.1) is 0 Å². The highest BCUT2D eigenvalue weighted by atomic mass is 19.4. The Labute approximate surface area is 121 Å². The number of aliphatic hydroxyl groups is 1. The second-order valence-corrected chi connectivity index (χ2v) is 4.27. The minimum Gasteiger partial charge on any atom is -0.452 e. The lowest BCUT2D eigenvalue weighted by Gasteiger charge is -2.04. The van der Waals surface area contributed by atoms with Crippen LogP contribution in [0, 0.1) is 0 Å². The average Bonchev–Trinajstić information content (AvgIpc) is 2.34. The van der Waals surface area contributed by atoms with Gasteiger partial charge in [-0.2, -0.15) is 18.0 Å². The van der Waals surface area contributed by atoms with Gasteiger partial charge in [-0.25, -0.2) is 4.79 Å². The molecule has 0 heterocycles. The van der Waals surface area contributed by atoms with Crippen LogP contribution in [-0.2, 0) is 9.53 Å². The smallest absolute Gasteiger partial charge is 0.452 e. The summed E-state index contributed by atoms with van der Waals surface area (Å²) in [6, 6.07) is 0. The number of aliphatic hydroxyl groups excluding tert-OH is 1. The summed E-state index contributed by atoms with van der Waals surface area (Å²) in [7, 11) is 0. The average molecular weight is 308 g/mol. The third kappa shape index (κ3) is 8.06. The number of halogens is 3. The summed E-state index contributed by atoms with van der Waals surface area (Å²) in [6.07, 6.45) is -1.00. The van der Waals surface area contributed by atoms with Crippen molar-refractivity contribution < 1.29 is 34.0 Å². The Morgan fingerprint density at radius 1 is 1.38 bits per heavy atom. The molecule has 0 spiro atoms. The van der Waals surface area contributed by atoms with Crippen LogP contribution in [0.4, 0.5) is 13.2 Å². The molecule has 0 aliphatic rings. The van der Waals surface area contributed by atoms with E-state index in [-0.39, 0.29) is 6.61 Å². The molecule has 1 unspecified atom stereocenters. The second-order valence-electron chi connectivity index (χ2n) is 4.27. The Kier molecular flexibility index (Phi) is 7.42. The minimum absolute atomic E-state index is 0.363. The van der Waals surface area contributed by atoms with Gasteiger partial charge in [0.1, 0.15) is 6.61 Å². The molecule has 0 aliphatic carbocycles. The molecule has 0 amide bonds. The third-order valence-electron chi connectivity index (χ3n) is 2.38. The maximum atomic E-state index is 12.2. The fraction of sp³-hybridized carbons (Fsp3) is 0.538. The Morgan fingerprint density at radius 2 is 2.00 bits per heavy atom. The van der Waals surface area contributed by atoms with E-state index >= 15 is 0 Å². The van der Waals surface area contributed by atoms with Crippen molar-refractivity contribution in [1.82, 2.24) is 0 Å². The summed E-state index contributed by atoms with van der Waals surface area (Å²) in [4.78, 5) is 13.0. The molecule has 0 aromatic carbocycles. The number of carbonyl (C=O) groups is 1. The molecule has 0 saturated carbocycles. The minimum atomic E-state index is -5.08. The molecule has 0 rings (SSSR count). The Balaban J connectivity index is 4.39. The Bertz CT molecular complexity index is 507. The molecule has 0 aromatic heterocycles. The van der Waals surface area contributed by atoms with Crippen LogP contribution in [0.25, 0.3) is 5.53 Å². The van der Waals surface area contributed by atoms with E-state index in [1.165, 1.54) is 6.08 Å². The molecule has 0 aliphatic heterocycles. The highest BCUT2D eigenvalue weighted by Crippen LogP contribution is 2.17. The molecular weight excluding hydrogens is 289 g/mol. The fourth-order valence-corrected chi connectivity index (χ4v) is 1.28. The molecule has 21 heavy (non-hydrogen) atoms.